The van der Waals surface area contributed by atoms with Crippen LogP contribution in [0.4, 0.5) is 4.79 Å². The third-order valence-electron chi connectivity index (χ3n) is 9.36. The number of carbonyl (C=O) groups excluding carboxylic acids is 2. The summed E-state index contributed by atoms with van der Waals surface area (Å²) >= 11 is 18.9. The van der Waals surface area contributed by atoms with Gasteiger partial charge in [-0.2, -0.15) is 0 Å². The number of hydrogen-bond donors (Lipinski definition) is 2. The van der Waals surface area contributed by atoms with E-state index in [1.165, 1.54) is 0 Å². The second-order valence-corrected chi connectivity index (χ2v) is 21.9. The van der Waals surface area contributed by atoms with Gasteiger partial charge >= 0.3 is 12.1 Å². The van der Waals surface area contributed by atoms with Gasteiger partial charge in [-0.25, -0.2) is 9.78 Å². The first-order chi connectivity index (χ1) is 23.1. The molecule has 1 rings (SSSR count). The molecule has 5 atom stereocenters. The maximum absolute atomic E-state index is 14.3. The molecule has 50 heavy (non-hydrogen) atoms. The van der Waals surface area contributed by atoms with Crippen LogP contribution in [-0.4, -0.2) is 65.0 Å². The fourth-order valence-corrected chi connectivity index (χ4v) is 9.47. The normalized spacial score (nSPS) is 16.5. The van der Waals surface area contributed by atoms with Crippen molar-refractivity contribution in [3.8, 4) is 0 Å². The van der Waals surface area contributed by atoms with Crippen molar-refractivity contribution in [3.05, 3.63) is 45.5 Å². The summed E-state index contributed by atoms with van der Waals surface area (Å²) in [5.74, 6) is -2.54. The average molecular weight is 796 g/mol. The van der Waals surface area contributed by atoms with E-state index in [-0.39, 0.29) is 24.2 Å². The first-order valence-corrected chi connectivity index (χ1v) is 21.7. The van der Waals surface area contributed by atoms with Crippen molar-refractivity contribution in [3.63, 3.8) is 0 Å². The van der Waals surface area contributed by atoms with Gasteiger partial charge in [0.1, 0.15) is 18.5 Å². The number of carboxylic acid groups (broad SMARTS) is 1. The maximum Gasteiger partial charge on any atom is 0.508 e. The number of aryl methyl sites for hydroxylation is 1. The molecule has 0 spiro atoms. The molecular formula is C36H57Cl3N2O7SSi. The van der Waals surface area contributed by atoms with E-state index in [2.05, 4.69) is 11.1 Å². The molecule has 0 saturated heterocycles. The van der Waals surface area contributed by atoms with E-state index >= 15 is 0 Å². The van der Waals surface area contributed by atoms with Crippen LogP contribution < -0.4 is 5.73 Å². The number of rotatable bonds is 21. The Morgan fingerprint density at radius 3 is 2.18 bits per heavy atom. The summed E-state index contributed by atoms with van der Waals surface area (Å²) < 4.78 is 15.6. The highest BCUT2D eigenvalue weighted by atomic mass is 35.6. The molecule has 9 nitrogen and oxygen atoms in total. The van der Waals surface area contributed by atoms with Crippen molar-refractivity contribution < 1.29 is 33.4 Å². The van der Waals surface area contributed by atoms with Gasteiger partial charge in [0.2, 0.25) is 3.79 Å². The number of carbonyl (C=O) groups is 3. The Morgan fingerprint density at radius 2 is 1.68 bits per heavy atom. The predicted molar refractivity (Wildman–Crippen MR) is 209 cm³/mol. The van der Waals surface area contributed by atoms with Crippen LogP contribution in [0.5, 0.6) is 0 Å². The summed E-state index contributed by atoms with van der Waals surface area (Å²) in [5, 5.41) is 12.8. The van der Waals surface area contributed by atoms with Crippen LogP contribution in [0.2, 0.25) is 18.1 Å². The van der Waals surface area contributed by atoms with Gasteiger partial charge < -0.3 is 24.7 Å². The molecule has 0 aliphatic rings. The van der Waals surface area contributed by atoms with Gasteiger partial charge in [-0.3, -0.25) is 9.59 Å². The lowest BCUT2D eigenvalue weighted by molar-refractivity contribution is -0.146. The zero-order chi connectivity index (χ0) is 38.4. The van der Waals surface area contributed by atoms with Crippen LogP contribution in [0.25, 0.3) is 6.08 Å². The van der Waals surface area contributed by atoms with Crippen molar-refractivity contribution in [2.75, 3.05) is 6.61 Å². The monoisotopic (exact) mass is 794 g/mol. The van der Waals surface area contributed by atoms with Crippen molar-refractivity contribution >= 4 is 78.4 Å². The summed E-state index contributed by atoms with van der Waals surface area (Å²) in [6.45, 7) is 18.5. The zero-order valence-electron chi connectivity index (χ0n) is 31.2. The smallest absolute Gasteiger partial charge is 0.481 e. The van der Waals surface area contributed by atoms with Gasteiger partial charge in [-0.15, -0.1) is 11.3 Å². The maximum atomic E-state index is 14.3. The van der Waals surface area contributed by atoms with Crippen molar-refractivity contribution in [1.82, 2.24) is 4.98 Å². The Labute approximate surface area is 319 Å². The first-order valence-electron chi connectivity index (χ1n) is 17.1. The van der Waals surface area contributed by atoms with Crippen LogP contribution in [0.15, 0.2) is 34.8 Å². The minimum atomic E-state index is -2.29. The lowest BCUT2D eigenvalue weighted by Crippen LogP contribution is -2.51. The fraction of sp³-hybridized carbons (Fsp3) is 0.667. The summed E-state index contributed by atoms with van der Waals surface area (Å²) in [7, 11) is -2.29. The van der Waals surface area contributed by atoms with Gasteiger partial charge in [-0.05, 0) is 63.7 Å². The molecule has 0 aromatic carbocycles. The zero-order valence-corrected chi connectivity index (χ0v) is 35.3. The third kappa shape index (κ3) is 15.5. The Kier molecular flexibility index (Phi) is 19.5. The van der Waals surface area contributed by atoms with Crippen molar-refractivity contribution in [2.45, 2.75) is 129 Å². The number of ketones is 1. The van der Waals surface area contributed by atoms with Crippen molar-refractivity contribution in [1.29, 1.82) is 0 Å². The molecule has 1 aromatic heterocycles. The number of hydrogen-bond acceptors (Lipinski definition) is 9. The topological polar surface area (TPSA) is 138 Å². The molecule has 3 N–H and O–H groups in total. The number of carboxylic acids is 1. The molecule has 1 aromatic rings. The number of alkyl halides is 3. The van der Waals surface area contributed by atoms with E-state index in [1.807, 2.05) is 72.1 Å². The molecule has 1 heterocycles. The summed E-state index contributed by atoms with van der Waals surface area (Å²) in [6.07, 6.45) is 5.85. The molecule has 0 amide bonds. The predicted octanol–water partition coefficient (Wildman–Crippen LogP) is 10.1. The van der Waals surface area contributed by atoms with Gasteiger partial charge in [-0.1, -0.05) is 113 Å². The molecule has 0 unspecified atom stereocenters. The average Bonchev–Trinajstić information content (AvgIpc) is 3.45. The quantitative estimate of drug-likeness (QED) is 0.0539. The van der Waals surface area contributed by atoms with Gasteiger partial charge in [0.15, 0.2) is 8.32 Å². The number of aliphatic carboxylic acids is 1. The molecule has 0 bridgehead atoms. The van der Waals surface area contributed by atoms with E-state index in [9.17, 15) is 19.5 Å². The minimum absolute atomic E-state index is 0.167. The Balaban J connectivity index is 3.24. The number of ether oxygens (including phenoxy) is 2. The molecule has 0 saturated carbocycles. The second kappa shape index (κ2) is 21.1. The molecular weight excluding hydrogens is 739 g/mol. The van der Waals surface area contributed by atoms with Gasteiger partial charge in [0.25, 0.3) is 0 Å². The molecule has 284 valence electrons. The van der Waals surface area contributed by atoms with Crippen molar-refractivity contribution in [2.24, 2.45) is 23.0 Å². The molecule has 0 fully saturated rings. The first kappa shape index (κ1) is 46.3. The SMILES string of the molecule is CC[Si](CC)(CC)O[C@@H](CC(=O)O)C(C)(C)C(=O)[C@H](C)[C@@H](OC(=O)OCC(Cl)(Cl)Cl)[C@@H](C)CC=C/C(C)=C\C[C@H](N)/C(C)=C/c1csc(C)n1. The number of nitrogens with zero attached hydrogens (tertiary/aromatic N) is 1. The highest BCUT2D eigenvalue weighted by molar-refractivity contribution is 7.09. The van der Waals surface area contributed by atoms with Crippen LogP contribution >= 0.6 is 46.1 Å². The summed E-state index contributed by atoms with van der Waals surface area (Å²) in [4.78, 5) is 43.5. The minimum Gasteiger partial charge on any atom is -0.481 e. The second-order valence-electron chi connectivity index (χ2n) is 13.6. The number of halogens is 3. The Hall–Kier alpha value is -1.73. The highest BCUT2D eigenvalue weighted by Gasteiger charge is 2.47. The van der Waals surface area contributed by atoms with E-state index < -0.39 is 54.4 Å². The van der Waals surface area contributed by atoms with Crippen LogP contribution in [0.1, 0.15) is 92.3 Å². The molecule has 0 aliphatic carbocycles. The van der Waals surface area contributed by atoms with Crippen LogP contribution in [-0.2, 0) is 23.5 Å². The Morgan fingerprint density at radius 1 is 1.08 bits per heavy atom. The van der Waals surface area contributed by atoms with Gasteiger partial charge in [0, 0.05) is 16.8 Å². The number of aromatic nitrogens is 1. The van der Waals surface area contributed by atoms with E-state index in [1.54, 1.807) is 32.1 Å². The molecule has 14 heteroatoms. The largest absolute Gasteiger partial charge is 0.508 e. The van der Waals surface area contributed by atoms with Crippen LogP contribution in [0.3, 0.4) is 0 Å². The van der Waals surface area contributed by atoms with Gasteiger partial charge in [0.05, 0.1) is 29.1 Å². The number of nitrogens with two attached hydrogens (primary N) is 1. The van der Waals surface area contributed by atoms with E-state index in [0.29, 0.717) is 12.8 Å². The van der Waals surface area contributed by atoms with Crippen LogP contribution in [0, 0.1) is 24.2 Å². The third-order valence-corrected chi connectivity index (χ3v) is 15.1. The van der Waals surface area contributed by atoms with E-state index in [4.69, 9.17) is 54.4 Å². The lowest BCUT2D eigenvalue weighted by Gasteiger charge is -2.42. The number of allylic oxidation sites excluding steroid dienone is 3. The molecule has 0 aliphatic heterocycles. The standard InChI is InChI=1S/C36H57Cl3N2O7SSi/c1-11-50(12-2,13-3)48-30(20-31(42)43)35(9,10)33(44)26(7)32(47-34(45)46-22-36(37,38)39)24(5)16-14-15-23(4)17-18-29(40)25(6)19-28-21-49-27(8)41-28/h14-15,17,19,21,24,26,29-30,32H,11-13,16,18,20,22,40H2,1-10H3,(H,42,43)/b15-14?,23-17-,25-19+/t24-,26+,29-,30-,32-/m0/s1. The summed E-state index contributed by atoms with van der Waals surface area (Å²) in [6, 6.07) is 2.22. The van der Waals surface area contributed by atoms with E-state index in [0.717, 1.165) is 40.0 Å². The number of thiazole rings is 1. The number of Topliss-reactive ketones (excluding diaryl/α,β-unsaturated/α-hetero) is 1. The fourth-order valence-electron chi connectivity index (χ4n) is 5.75. The lowest BCUT2D eigenvalue weighted by atomic mass is 9.73. The Bertz CT molecular complexity index is 1350. The molecule has 0 radical (unpaired) electrons. The summed E-state index contributed by atoms with van der Waals surface area (Å²) in [5.41, 5.74) is 8.14. The highest BCUT2D eigenvalue weighted by Crippen LogP contribution is 2.38.